The number of aliphatic hydroxyl groups excluding tert-OH is 2. The summed E-state index contributed by atoms with van der Waals surface area (Å²) < 4.78 is 5.86. The van der Waals surface area contributed by atoms with Gasteiger partial charge in [0, 0.05) is 25.4 Å². The van der Waals surface area contributed by atoms with Crippen LogP contribution in [0.4, 0.5) is 0 Å². The van der Waals surface area contributed by atoms with Crippen LogP contribution < -0.4 is 10.3 Å². The van der Waals surface area contributed by atoms with Gasteiger partial charge in [-0.2, -0.15) is 0 Å². The molecule has 0 aliphatic carbocycles. The normalized spacial score (nSPS) is 16.5. The molecule has 0 radical (unpaired) electrons. The lowest BCUT2D eigenvalue weighted by molar-refractivity contribution is 0.0528. The van der Waals surface area contributed by atoms with Crippen molar-refractivity contribution in [2.45, 2.75) is 25.4 Å². The summed E-state index contributed by atoms with van der Waals surface area (Å²) in [7, 11) is 0. The zero-order valence-corrected chi connectivity index (χ0v) is 17.7. The molecule has 1 aromatic heterocycles. The lowest BCUT2D eigenvalue weighted by atomic mass is 9.94. The van der Waals surface area contributed by atoms with Crippen LogP contribution in [0.5, 0.6) is 5.75 Å². The van der Waals surface area contributed by atoms with Gasteiger partial charge in [-0.15, -0.1) is 0 Å². The van der Waals surface area contributed by atoms with Gasteiger partial charge in [-0.25, -0.2) is 0 Å². The van der Waals surface area contributed by atoms with Crippen molar-refractivity contribution in [3.8, 4) is 16.9 Å². The van der Waals surface area contributed by atoms with Crippen LogP contribution in [-0.2, 0) is 0 Å². The molecule has 1 aliphatic heterocycles. The minimum atomic E-state index is -0.535. The summed E-state index contributed by atoms with van der Waals surface area (Å²) in [4.78, 5) is 16.2. The lowest BCUT2D eigenvalue weighted by Crippen LogP contribution is -2.40. The Morgan fingerprint density at radius 2 is 1.77 bits per heavy atom. The predicted octanol–water partition coefficient (Wildman–Crippen LogP) is 3.03. The van der Waals surface area contributed by atoms with Crippen molar-refractivity contribution in [1.29, 1.82) is 0 Å². The predicted molar refractivity (Wildman–Crippen MR) is 122 cm³/mol. The van der Waals surface area contributed by atoms with Gasteiger partial charge in [0.1, 0.15) is 18.5 Å². The topological polar surface area (TPSA) is 85.8 Å². The largest absolute Gasteiger partial charge is 0.491 e. The zero-order chi connectivity index (χ0) is 21.6. The standard InChI is InChI=1S/C25H30N2O4/c28-12-9-18-7-10-27(11-8-18)16-23(29)17-31-24-5-3-19-13-20(1-2-21(19)14-24)22-4-6-25(30)26-15-22/h1-6,13-15,18,23,28-29H,7-12,16-17H2,(H,26,30). The van der Waals surface area contributed by atoms with E-state index < -0.39 is 6.10 Å². The second kappa shape index (κ2) is 10.1. The van der Waals surface area contributed by atoms with E-state index in [-0.39, 0.29) is 18.8 Å². The molecule has 6 heteroatoms. The summed E-state index contributed by atoms with van der Waals surface area (Å²) in [5.74, 6) is 1.35. The molecule has 2 heterocycles. The van der Waals surface area contributed by atoms with Gasteiger partial charge in [0.2, 0.25) is 5.56 Å². The minimum absolute atomic E-state index is 0.111. The highest BCUT2D eigenvalue weighted by molar-refractivity contribution is 5.88. The number of aromatic amines is 1. The average molecular weight is 423 g/mol. The van der Waals surface area contributed by atoms with E-state index >= 15 is 0 Å². The highest BCUT2D eigenvalue weighted by atomic mass is 16.5. The van der Waals surface area contributed by atoms with E-state index in [1.807, 2.05) is 36.4 Å². The SMILES string of the molecule is O=c1ccc(-c2ccc3cc(OCC(O)CN4CCC(CCO)CC4)ccc3c2)c[nH]1. The van der Waals surface area contributed by atoms with Gasteiger partial charge in [0.15, 0.2) is 0 Å². The van der Waals surface area contributed by atoms with Crippen molar-refractivity contribution < 1.29 is 14.9 Å². The Balaban J connectivity index is 1.32. The number of hydrogen-bond donors (Lipinski definition) is 3. The number of H-pyrrole nitrogens is 1. The lowest BCUT2D eigenvalue weighted by Gasteiger charge is -2.32. The van der Waals surface area contributed by atoms with Gasteiger partial charge in [0.25, 0.3) is 0 Å². The number of hydrogen-bond acceptors (Lipinski definition) is 5. The van der Waals surface area contributed by atoms with Gasteiger partial charge < -0.3 is 24.8 Å². The van der Waals surface area contributed by atoms with Crippen LogP contribution in [0.3, 0.4) is 0 Å². The van der Waals surface area contributed by atoms with E-state index in [9.17, 15) is 9.90 Å². The molecule has 0 bridgehead atoms. The number of nitrogens with one attached hydrogen (secondary N) is 1. The molecule has 4 rings (SSSR count). The van der Waals surface area contributed by atoms with Gasteiger partial charge in [-0.3, -0.25) is 4.79 Å². The number of β-amino-alcohol motifs (C(OH)–C–C–N with tert-alkyl or cyclic N) is 1. The second-order valence-electron chi connectivity index (χ2n) is 8.39. The summed E-state index contributed by atoms with van der Waals surface area (Å²) in [6.07, 6.45) is 4.23. The Morgan fingerprint density at radius 3 is 2.52 bits per heavy atom. The third-order valence-corrected chi connectivity index (χ3v) is 6.09. The molecule has 0 amide bonds. The van der Waals surface area contributed by atoms with Crippen LogP contribution in [0.25, 0.3) is 21.9 Å². The number of rotatable bonds is 8. The molecular formula is C25H30N2O4. The van der Waals surface area contributed by atoms with E-state index in [1.165, 1.54) is 6.07 Å². The number of likely N-dealkylation sites (tertiary alicyclic amines) is 1. The number of piperidine rings is 1. The molecule has 0 saturated carbocycles. The first-order chi connectivity index (χ1) is 15.1. The summed E-state index contributed by atoms with van der Waals surface area (Å²) in [5, 5.41) is 21.6. The van der Waals surface area contributed by atoms with Crippen LogP contribution in [-0.4, -0.2) is 59.0 Å². The molecule has 31 heavy (non-hydrogen) atoms. The Hall–Kier alpha value is -2.67. The van der Waals surface area contributed by atoms with E-state index in [0.29, 0.717) is 12.5 Å². The Morgan fingerprint density at radius 1 is 1.03 bits per heavy atom. The fraction of sp³-hybridized carbons (Fsp3) is 0.400. The Kier molecular flexibility index (Phi) is 7.02. The molecule has 3 aromatic rings. The van der Waals surface area contributed by atoms with Crippen molar-refractivity contribution in [1.82, 2.24) is 9.88 Å². The fourth-order valence-electron chi connectivity index (χ4n) is 4.27. The maximum Gasteiger partial charge on any atom is 0.247 e. The van der Waals surface area contributed by atoms with Crippen molar-refractivity contribution in [2.75, 3.05) is 32.8 Å². The smallest absolute Gasteiger partial charge is 0.247 e. The molecule has 6 nitrogen and oxygen atoms in total. The summed E-state index contributed by atoms with van der Waals surface area (Å²) in [6, 6.07) is 15.4. The number of pyridine rings is 1. The molecule has 1 aliphatic rings. The van der Waals surface area contributed by atoms with Gasteiger partial charge in [-0.05, 0) is 84.4 Å². The first-order valence-corrected chi connectivity index (χ1v) is 11.0. The molecule has 1 fully saturated rings. The highest BCUT2D eigenvalue weighted by Gasteiger charge is 2.20. The minimum Gasteiger partial charge on any atom is -0.491 e. The van der Waals surface area contributed by atoms with E-state index in [4.69, 9.17) is 9.84 Å². The van der Waals surface area contributed by atoms with E-state index in [1.54, 1.807) is 6.20 Å². The maximum atomic E-state index is 11.3. The van der Waals surface area contributed by atoms with Gasteiger partial charge in [-0.1, -0.05) is 18.2 Å². The third kappa shape index (κ3) is 5.73. The Labute approximate surface area is 182 Å². The van der Waals surface area contributed by atoms with Crippen molar-refractivity contribution in [2.24, 2.45) is 5.92 Å². The molecular weight excluding hydrogens is 392 g/mol. The Bertz CT molecular complexity index is 1040. The number of benzene rings is 2. The van der Waals surface area contributed by atoms with E-state index in [0.717, 1.165) is 60.0 Å². The number of ether oxygens (including phenoxy) is 1. The fourth-order valence-corrected chi connectivity index (χ4v) is 4.27. The number of aromatic nitrogens is 1. The average Bonchev–Trinajstić information content (AvgIpc) is 2.79. The van der Waals surface area contributed by atoms with Crippen LogP contribution >= 0.6 is 0 Å². The van der Waals surface area contributed by atoms with Gasteiger partial charge >= 0.3 is 0 Å². The van der Waals surface area contributed by atoms with Crippen LogP contribution in [0.15, 0.2) is 59.5 Å². The molecule has 1 atom stereocenters. The summed E-state index contributed by atoms with van der Waals surface area (Å²) >= 11 is 0. The van der Waals surface area contributed by atoms with Crippen molar-refractivity contribution in [3.63, 3.8) is 0 Å². The number of fused-ring (bicyclic) bond motifs is 1. The molecule has 1 saturated heterocycles. The monoisotopic (exact) mass is 422 g/mol. The first kappa shape index (κ1) is 21.6. The maximum absolute atomic E-state index is 11.3. The van der Waals surface area contributed by atoms with Crippen LogP contribution in [0.2, 0.25) is 0 Å². The summed E-state index contributed by atoms with van der Waals surface area (Å²) in [5.41, 5.74) is 1.89. The molecule has 1 unspecified atom stereocenters. The molecule has 3 N–H and O–H groups in total. The first-order valence-electron chi connectivity index (χ1n) is 11.0. The van der Waals surface area contributed by atoms with Crippen molar-refractivity contribution in [3.05, 3.63) is 65.1 Å². The summed E-state index contributed by atoms with van der Waals surface area (Å²) in [6.45, 7) is 3.07. The highest BCUT2D eigenvalue weighted by Crippen LogP contribution is 2.27. The number of nitrogens with zero attached hydrogens (tertiary/aromatic N) is 1. The molecule has 2 aromatic carbocycles. The third-order valence-electron chi connectivity index (χ3n) is 6.09. The van der Waals surface area contributed by atoms with E-state index in [2.05, 4.69) is 16.0 Å². The van der Waals surface area contributed by atoms with Gasteiger partial charge in [0.05, 0.1) is 0 Å². The van der Waals surface area contributed by atoms with Crippen LogP contribution in [0.1, 0.15) is 19.3 Å². The number of aliphatic hydroxyl groups is 2. The van der Waals surface area contributed by atoms with Crippen molar-refractivity contribution >= 4 is 10.8 Å². The van der Waals surface area contributed by atoms with Crippen LogP contribution in [0, 0.1) is 5.92 Å². The zero-order valence-electron chi connectivity index (χ0n) is 17.7. The quantitative estimate of drug-likeness (QED) is 0.520. The molecule has 164 valence electrons. The second-order valence-corrected chi connectivity index (χ2v) is 8.39. The molecule has 0 spiro atoms.